The Morgan fingerprint density at radius 1 is 1.09 bits per heavy atom. The maximum Gasteiger partial charge on any atom is 0.295 e. The topological polar surface area (TPSA) is 79.3 Å². The third kappa shape index (κ3) is 5.41. The van der Waals surface area contributed by atoms with Crippen molar-refractivity contribution < 1.29 is 24.2 Å². The molecule has 186 valence electrons. The predicted molar refractivity (Wildman–Crippen MR) is 134 cm³/mol. The predicted octanol–water partition coefficient (Wildman–Crippen LogP) is 3.96. The number of morpholine rings is 1. The van der Waals surface area contributed by atoms with E-state index in [-0.39, 0.29) is 11.3 Å². The van der Waals surface area contributed by atoms with Crippen LogP contribution in [0.5, 0.6) is 5.75 Å². The highest BCUT2D eigenvalue weighted by molar-refractivity contribution is 6.46. The first kappa shape index (κ1) is 24.9. The number of hydrogen-bond donors (Lipinski definition) is 1. The van der Waals surface area contributed by atoms with Gasteiger partial charge in [-0.1, -0.05) is 50.2 Å². The van der Waals surface area contributed by atoms with Crippen LogP contribution >= 0.6 is 0 Å². The fourth-order valence-electron chi connectivity index (χ4n) is 4.65. The van der Waals surface area contributed by atoms with E-state index in [0.29, 0.717) is 50.1 Å². The Hall–Kier alpha value is -3.16. The van der Waals surface area contributed by atoms with Crippen LogP contribution in [0.15, 0.2) is 54.1 Å². The van der Waals surface area contributed by atoms with Gasteiger partial charge in [0.2, 0.25) is 0 Å². The van der Waals surface area contributed by atoms with Crippen molar-refractivity contribution in [2.45, 2.75) is 32.7 Å². The summed E-state index contributed by atoms with van der Waals surface area (Å²) < 4.78 is 11.0. The van der Waals surface area contributed by atoms with Gasteiger partial charge in [0.05, 0.1) is 31.4 Å². The molecule has 0 spiro atoms. The Kier molecular flexibility index (Phi) is 7.88. The molecule has 1 unspecified atom stereocenters. The van der Waals surface area contributed by atoms with Crippen molar-refractivity contribution >= 4 is 17.4 Å². The molecule has 0 saturated carbocycles. The smallest absolute Gasteiger partial charge is 0.295 e. The average molecular weight is 479 g/mol. The summed E-state index contributed by atoms with van der Waals surface area (Å²) in [5, 5.41) is 11.3. The molecule has 4 rings (SSSR count). The van der Waals surface area contributed by atoms with E-state index in [1.807, 2.05) is 31.2 Å². The maximum absolute atomic E-state index is 13.3. The van der Waals surface area contributed by atoms with Crippen molar-refractivity contribution in [3.05, 3.63) is 70.8 Å². The molecule has 7 nitrogen and oxygen atoms in total. The Balaban J connectivity index is 1.74. The van der Waals surface area contributed by atoms with Gasteiger partial charge in [0.15, 0.2) is 0 Å². The van der Waals surface area contributed by atoms with Crippen LogP contribution in [0, 0.1) is 0 Å². The quantitative estimate of drug-likeness (QED) is 0.352. The zero-order chi connectivity index (χ0) is 24.9. The van der Waals surface area contributed by atoms with E-state index in [1.165, 1.54) is 5.56 Å². The highest BCUT2D eigenvalue weighted by Crippen LogP contribution is 2.40. The number of aliphatic hydroxyl groups is 1. The van der Waals surface area contributed by atoms with E-state index < -0.39 is 17.7 Å². The molecule has 1 amide bonds. The fraction of sp³-hybridized carbons (Fsp3) is 0.429. The SMILES string of the molecule is CCOc1cccc(/C(O)=C2\C(=O)C(=O)N(CCN3CCOCC3)C2c2ccc(C(C)C)cc2)c1. The van der Waals surface area contributed by atoms with Crippen LogP contribution in [0.25, 0.3) is 5.76 Å². The number of likely N-dealkylation sites (tertiary alicyclic amines) is 1. The van der Waals surface area contributed by atoms with Crippen LogP contribution in [-0.4, -0.2) is 72.6 Å². The van der Waals surface area contributed by atoms with E-state index in [0.717, 1.165) is 18.7 Å². The third-order valence-corrected chi connectivity index (χ3v) is 6.64. The lowest BCUT2D eigenvalue weighted by Gasteiger charge is -2.31. The zero-order valence-electron chi connectivity index (χ0n) is 20.7. The molecule has 2 aliphatic heterocycles. The first-order chi connectivity index (χ1) is 16.9. The van der Waals surface area contributed by atoms with Gasteiger partial charge in [0.25, 0.3) is 11.7 Å². The van der Waals surface area contributed by atoms with E-state index in [2.05, 4.69) is 18.7 Å². The molecule has 2 aliphatic rings. The summed E-state index contributed by atoms with van der Waals surface area (Å²) in [4.78, 5) is 30.3. The molecule has 35 heavy (non-hydrogen) atoms. The lowest BCUT2D eigenvalue weighted by Crippen LogP contribution is -2.42. The first-order valence-electron chi connectivity index (χ1n) is 12.3. The minimum absolute atomic E-state index is 0.114. The fourth-order valence-corrected chi connectivity index (χ4v) is 4.65. The Bertz CT molecular complexity index is 1090. The maximum atomic E-state index is 13.3. The lowest BCUT2D eigenvalue weighted by molar-refractivity contribution is -0.140. The van der Waals surface area contributed by atoms with Crippen molar-refractivity contribution in [1.82, 2.24) is 9.80 Å². The molecule has 1 N–H and O–H groups in total. The second kappa shape index (κ2) is 11.1. The summed E-state index contributed by atoms with van der Waals surface area (Å²) in [7, 11) is 0. The van der Waals surface area contributed by atoms with Crippen LogP contribution in [-0.2, 0) is 14.3 Å². The molecule has 2 fully saturated rings. The van der Waals surface area contributed by atoms with Gasteiger partial charge in [-0.05, 0) is 36.1 Å². The van der Waals surface area contributed by atoms with Gasteiger partial charge in [0.1, 0.15) is 11.5 Å². The average Bonchev–Trinajstić information content (AvgIpc) is 3.13. The minimum Gasteiger partial charge on any atom is -0.507 e. The number of carbonyl (C=O) groups excluding carboxylic acids is 2. The molecule has 2 aromatic carbocycles. The minimum atomic E-state index is -0.663. The van der Waals surface area contributed by atoms with Crippen LogP contribution in [0.3, 0.4) is 0 Å². The van der Waals surface area contributed by atoms with Crippen molar-refractivity contribution in [2.24, 2.45) is 0 Å². The van der Waals surface area contributed by atoms with Crippen molar-refractivity contribution in [2.75, 3.05) is 46.0 Å². The largest absolute Gasteiger partial charge is 0.507 e. The van der Waals surface area contributed by atoms with Crippen LogP contribution in [0.4, 0.5) is 0 Å². The monoisotopic (exact) mass is 478 g/mol. The van der Waals surface area contributed by atoms with E-state index in [1.54, 1.807) is 29.2 Å². The van der Waals surface area contributed by atoms with E-state index >= 15 is 0 Å². The van der Waals surface area contributed by atoms with Crippen LogP contribution in [0.2, 0.25) is 0 Å². The summed E-state index contributed by atoms with van der Waals surface area (Å²) >= 11 is 0. The number of ether oxygens (including phenoxy) is 2. The molecule has 0 radical (unpaired) electrons. The lowest BCUT2D eigenvalue weighted by atomic mass is 9.93. The molecule has 0 aliphatic carbocycles. The molecule has 0 aromatic heterocycles. The summed E-state index contributed by atoms with van der Waals surface area (Å²) in [6, 6.07) is 14.3. The molecule has 2 heterocycles. The molecule has 7 heteroatoms. The summed E-state index contributed by atoms with van der Waals surface area (Å²) in [5.74, 6) is -0.478. The molecule has 2 saturated heterocycles. The van der Waals surface area contributed by atoms with Gasteiger partial charge in [-0.3, -0.25) is 14.5 Å². The highest BCUT2D eigenvalue weighted by Gasteiger charge is 2.46. The molecular formula is C28H34N2O5. The molecule has 1 atom stereocenters. The standard InChI is InChI=1S/C28H34N2O5/c1-4-35-23-7-5-6-22(18-23)26(31)24-25(21-10-8-20(9-11-21)19(2)3)30(28(33)27(24)32)13-12-29-14-16-34-17-15-29/h5-11,18-19,25,31H,4,12-17H2,1-3H3/b26-24+. The van der Waals surface area contributed by atoms with Gasteiger partial charge >= 0.3 is 0 Å². The van der Waals surface area contributed by atoms with Gasteiger partial charge in [-0.15, -0.1) is 0 Å². The highest BCUT2D eigenvalue weighted by atomic mass is 16.5. The van der Waals surface area contributed by atoms with Gasteiger partial charge in [-0.2, -0.15) is 0 Å². The summed E-state index contributed by atoms with van der Waals surface area (Å²) in [5.41, 5.74) is 2.54. The van der Waals surface area contributed by atoms with Crippen molar-refractivity contribution in [1.29, 1.82) is 0 Å². The number of aliphatic hydroxyl groups excluding tert-OH is 1. The van der Waals surface area contributed by atoms with Gasteiger partial charge in [-0.25, -0.2) is 0 Å². The summed E-state index contributed by atoms with van der Waals surface area (Å²) in [6.45, 7) is 10.5. The number of ketones is 1. The first-order valence-corrected chi connectivity index (χ1v) is 12.3. The number of benzene rings is 2. The Morgan fingerprint density at radius 2 is 1.80 bits per heavy atom. The van der Waals surface area contributed by atoms with Gasteiger partial charge < -0.3 is 19.5 Å². The Morgan fingerprint density at radius 3 is 2.46 bits per heavy atom. The van der Waals surface area contributed by atoms with Crippen LogP contribution < -0.4 is 4.74 Å². The Labute approximate surface area is 206 Å². The number of carbonyl (C=O) groups is 2. The van der Waals surface area contributed by atoms with Crippen LogP contribution in [0.1, 0.15) is 49.4 Å². The van der Waals surface area contributed by atoms with Crippen molar-refractivity contribution in [3.8, 4) is 5.75 Å². The number of rotatable bonds is 8. The van der Waals surface area contributed by atoms with E-state index in [9.17, 15) is 14.7 Å². The normalized spacial score (nSPS) is 20.6. The number of amides is 1. The number of hydrogen-bond acceptors (Lipinski definition) is 6. The third-order valence-electron chi connectivity index (χ3n) is 6.64. The number of nitrogens with zero attached hydrogens (tertiary/aromatic N) is 2. The summed E-state index contributed by atoms with van der Waals surface area (Å²) in [6.07, 6.45) is 0. The molecule has 2 aromatic rings. The van der Waals surface area contributed by atoms with E-state index in [4.69, 9.17) is 9.47 Å². The zero-order valence-corrected chi connectivity index (χ0v) is 20.7. The molecular weight excluding hydrogens is 444 g/mol. The molecule has 0 bridgehead atoms. The second-order valence-electron chi connectivity index (χ2n) is 9.23. The second-order valence-corrected chi connectivity index (χ2v) is 9.23. The number of Topliss-reactive ketones (excluding diaryl/α,β-unsaturated/α-hetero) is 1. The van der Waals surface area contributed by atoms with Crippen molar-refractivity contribution in [3.63, 3.8) is 0 Å². The van der Waals surface area contributed by atoms with Gasteiger partial charge in [0, 0.05) is 31.7 Å².